The molecule has 0 unspecified atom stereocenters. The van der Waals surface area contributed by atoms with Gasteiger partial charge in [0.1, 0.15) is 0 Å². The van der Waals surface area contributed by atoms with Crippen LogP contribution in [0.4, 0.5) is 21.9 Å². The van der Waals surface area contributed by atoms with Gasteiger partial charge in [-0.15, -0.1) is 0 Å². The largest absolute Gasteiger partial charge is 0.372 e. The van der Waals surface area contributed by atoms with E-state index >= 15 is 0 Å². The number of hydrogen-bond acceptors (Lipinski definition) is 3. The topological polar surface area (TPSA) is 73.5 Å². The normalized spacial score (nSPS) is 14.2. The van der Waals surface area contributed by atoms with E-state index in [-0.39, 0.29) is 18.0 Å². The summed E-state index contributed by atoms with van der Waals surface area (Å²) < 4.78 is 0. The SMILES string of the molecule is CC(C)NC(=O)Nc1cccc(C(=O)Nc2ccc(N3CCCCCC3)cc2)c1. The summed E-state index contributed by atoms with van der Waals surface area (Å²) >= 11 is 0. The van der Waals surface area contributed by atoms with E-state index < -0.39 is 0 Å². The Bertz CT molecular complexity index is 825. The number of benzene rings is 2. The molecule has 0 aromatic heterocycles. The molecule has 0 atom stereocenters. The number of nitrogens with one attached hydrogen (secondary N) is 3. The van der Waals surface area contributed by atoms with Gasteiger partial charge in [-0.3, -0.25) is 4.79 Å². The van der Waals surface area contributed by atoms with Crippen LogP contribution in [-0.4, -0.2) is 31.1 Å². The lowest BCUT2D eigenvalue weighted by molar-refractivity contribution is 0.102. The summed E-state index contributed by atoms with van der Waals surface area (Å²) in [6.45, 7) is 5.97. The van der Waals surface area contributed by atoms with E-state index in [1.54, 1.807) is 24.3 Å². The number of amides is 3. The molecule has 0 spiro atoms. The maximum Gasteiger partial charge on any atom is 0.319 e. The highest BCUT2D eigenvalue weighted by molar-refractivity contribution is 6.05. The molecule has 1 saturated heterocycles. The van der Waals surface area contributed by atoms with Crippen LogP contribution in [-0.2, 0) is 0 Å². The Labute approximate surface area is 172 Å². The van der Waals surface area contributed by atoms with Crippen molar-refractivity contribution < 1.29 is 9.59 Å². The van der Waals surface area contributed by atoms with Crippen LogP contribution < -0.4 is 20.9 Å². The first-order chi connectivity index (χ1) is 14.0. The maximum atomic E-state index is 12.6. The molecule has 0 bridgehead atoms. The quantitative estimate of drug-likeness (QED) is 0.679. The van der Waals surface area contributed by atoms with Crippen molar-refractivity contribution in [1.29, 1.82) is 0 Å². The lowest BCUT2D eigenvalue weighted by atomic mass is 10.1. The van der Waals surface area contributed by atoms with E-state index in [1.165, 1.54) is 31.4 Å². The van der Waals surface area contributed by atoms with Crippen LogP contribution >= 0.6 is 0 Å². The molecule has 0 saturated carbocycles. The van der Waals surface area contributed by atoms with Crippen LogP contribution in [0.2, 0.25) is 0 Å². The smallest absolute Gasteiger partial charge is 0.319 e. The predicted octanol–water partition coefficient (Wildman–Crippen LogP) is 4.85. The Balaban J connectivity index is 1.61. The molecule has 0 aliphatic carbocycles. The van der Waals surface area contributed by atoms with Gasteiger partial charge in [-0.05, 0) is 69.2 Å². The standard InChI is InChI=1S/C23H30N4O2/c1-17(2)24-23(29)26-20-9-7-8-18(16-20)22(28)25-19-10-12-21(13-11-19)27-14-5-3-4-6-15-27/h7-13,16-17H,3-6,14-15H2,1-2H3,(H,25,28)(H2,24,26,29). The van der Waals surface area contributed by atoms with E-state index in [2.05, 4.69) is 33.0 Å². The third-order valence-corrected chi connectivity index (χ3v) is 4.90. The van der Waals surface area contributed by atoms with Crippen molar-refractivity contribution >= 4 is 29.0 Å². The van der Waals surface area contributed by atoms with Crippen LogP contribution in [0.15, 0.2) is 48.5 Å². The zero-order chi connectivity index (χ0) is 20.6. The van der Waals surface area contributed by atoms with E-state index in [0.29, 0.717) is 11.3 Å². The van der Waals surface area contributed by atoms with E-state index in [0.717, 1.165) is 18.8 Å². The number of rotatable bonds is 5. The summed E-state index contributed by atoms with van der Waals surface area (Å²) in [7, 11) is 0. The third-order valence-electron chi connectivity index (χ3n) is 4.90. The number of carbonyl (C=O) groups is 2. The molecule has 2 aromatic carbocycles. The average molecular weight is 395 g/mol. The van der Waals surface area contributed by atoms with Gasteiger partial charge in [0.2, 0.25) is 0 Å². The highest BCUT2D eigenvalue weighted by Gasteiger charge is 2.11. The fraction of sp³-hybridized carbons (Fsp3) is 0.391. The molecule has 29 heavy (non-hydrogen) atoms. The van der Waals surface area contributed by atoms with Gasteiger partial charge in [-0.1, -0.05) is 18.9 Å². The lowest BCUT2D eigenvalue weighted by Crippen LogP contribution is -2.34. The fourth-order valence-electron chi connectivity index (χ4n) is 3.46. The van der Waals surface area contributed by atoms with Gasteiger partial charge in [0, 0.05) is 41.8 Å². The number of hydrogen-bond donors (Lipinski definition) is 3. The predicted molar refractivity (Wildman–Crippen MR) is 119 cm³/mol. The van der Waals surface area contributed by atoms with Gasteiger partial charge in [-0.25, -0.2) is 4.79 Å². The first-order valence-corrected chi connectivity index (χ1v) is 10.4. The number of nitrogens with zero attached hydrogens (tertiary/aromatic N) is 1. The zero-order valence-corrected chi connectivity index (χ0v) is 17.2. The Morgan fingerprint density at radius 1 is 0.862 bits per heavy atom. The number of urea groups is 1. The summed E-state index contributed by atoms with van der Waals surface area (Å²) in [4.78, 5) is 26.9. The monoisotopic (exact) mass is 394 g/mol. The van der Waals surface area contributed by atoms with Gasteiger partial charge in [-0.2, -0.15) is 0 Å². The summed E-state index contributed by atoms with van der Waals surface area (Å²) in [5.41, 5.74) is 3.02. The van der Waals surface area contributed by atoms with Crippen LogP contribution in [0, 0.1) is 0 Å². The van der Waals surface area contributed by atoms with Crippen molar-refractivity contribution in [3.63, 3.8) is 0 Å². The molecule has 3 rings (SSSR count). The molecule has 1 aliphatic heterocycles. The second kappa shape index (κ2) is 9.96. The van der Waals surface area contributed by atoms with Gasteiger partial charge < -0.3 is 20.9 Å². The van der Waals surface area contributed by atoms with E-state index in [1.807, 2.05) is 26.0 Å². The van der Waals surface area contributed by atoms with Gasteiger partial charge in [0.05, 0.1) is 0 Å². The lowest BCUT2D eigenvalue weighted by Gasteiger charge is -2.22. The average Bonchev–Trinajstić information content (AvgIpc) is 2.97. The summed E-state index contributed by atoms with van der Waals surface area (Å²) in [5.74, 6) is -0.208. The Kier molecular flexibility index (Phi) is 7.11. The molecule has 1 aliphatic rings. The highest BCUT2D eigenvalue weighted by atomic mass is 16.2. The molecular formula is C23H30N4O2. The molecule has 6 nitrogen and oxygen atoms in total. The molecule has 1 heterocycles. The maximum absolute atomic E-state index is 12.6. The second-order valence-corrected chi connectivity index (χ2v) is 7.74. The van der Waals surface area contributed by atoms with E-state index in [4.69, 9.17) is 0 Å². The zero-order valence-electron chi connectivity index (χ0n) is 17.2. The molecule has 3 amide bonds. The first kappa shape index (κ1) is 20.7. The third kappa shape index (κ3) is 6.24. The summed E-state index contributed by atoms with van der Waals surface area (Å²) in [6.07, 6.45) is 5.07. The van der Waals surface area contributed by atoms with Crippen LogP contribution in [0.3, 0.4) is 0 Å². The molecule has 6 heteroatoms. The second-order valence-electron chi connectivity index (χ2n) is 7.74. The molecule has 154 valence electrons. The van der Waals surface area contributed by atoms with Crippen molar-refractivity contribution in [2.24, 2.45) is 0 Å². The fourth-order valence-corrected chi connectivity index (χ4v) is 3.46. The molecule has 1 fully saturated rings. The molecular weight excluding hydrogens is 364 g/mol. The Hall–Kier alpha value is -3.02. The van der Waals surface area contributed by atoms with Gasteiger partial charge in [0.25, 0.3) is 5.91 Å². The molecule has 0 radical (unpaired) electrons. The minimum Gasteiger partial charge on any atom is -0.372 e. The minimum absolute atomic E-state index is 0.0405. The first-order valence-electron chi connectivity index (χ1n) is 10.4. The van der Waals surface area contributed by atoms with Crippen molar-refractivity contribution in [1.82, 2.24) is 5.32 Å². The Morgan fingerprint density at radius 3 is 2.21 bits per heavy atom. The minimum atomic E-state index is -0.290. The van der Waals surface area contributed by atoms with Gasteiger partial charge in [0.15, 0.2) is 0 Å². The number of carbonyl (C=O) groups excluding carboxylic acids is 2. The highest BCUT2D eigenvalue weighted by Crippen LogP contribution is 2.22. The Morgan fingerprint density at radius 2 is 1.55 bits per heavy atom. The van der Waals surface area contributed by atoms with Crippen molar-refractivity contribution in [3.05, 3.63) is 54.1 Å². The van der Waals surface area contributed by atoms with Crippen molar-refractivity contribution in [3.8, 4) is 0 Å². The van der Waals surface area contributed by atoms with Gasteiger partial charge >= 0.3 is 6.03 Å². The molecule has 2 aromatic rings. The van der Waals surface area contributed by atoms with Crippen LogP contribution in [0.5, 0.6) is 0 Å². The van der Waals surface area contributed by atoms with Crippen LogP contribution in [0.25, 0.3) is 0 Å². The van der Waals surface area contributed by atoms with E-state index in [9.17, 15) is 9.59 Å². The molecule has 3 N–H and O–H groups in total. The number of anilines is 3. The van der Waals surface area contributed by atoms with Crippen molar-refractivity contribution in [2.45, 2.75) is 45.6 Å². The summed E-state index contributed by atoms with van der Waals surface area (Å²) in [6, 6.07) is 14.7. The summed E-state index contributed by atoms with van der Waals surface area (Å²) in [5, 5.41) is 8.43. The van der Waals surface area contributed by atoms with Crippen LogP contribution in [0.1, 0.15) is 49.9 Å². The van der Waals surface area contributed by atoms with Crippen molar-refractivity contribution in [2.75, 3.05) is 28.6 Å².